The van der Waals surface area contributed by atoms with Gasteiger partial charge in [-0.2, -0.15) is 5.26 Å². The molecule has 0 spiro atoms. The lowest BCUT2D eigenvalue weighted by atomic mass is 9.86. The van der Waals surface area contributed by atoms with Crippen LogP contribution in [0.4, 0.5) is 5.69 Å². The van der Waals surface area contributed by atoms with Crippen LogP contribution in [0.15, 0.2) is 63.6 Å². The van der Waals surface area contributed by atoms with Crippen LogP contribution in [0.3, 0.4) is 0 Å². The van der Waals surface area contributed by atoms with Crippen LogP contribution in [-0.2, 0) is 4.79 Å². The number of para-hydroxylation sites is 1. The Balaban J connectivity index is 1.68. The SMILES string of the molecule is Cc1ccccc1N1CSC2=C(C#N)[C@H](c3ccc(Br)cc3)CC(=O)N2C1. The van der Waals surface area contributed by atoms with E-state index in [1.807, 2.05) is 36.4 Å². The van der Waals surface area contributed by atoms with E-state index >= 15 is 0 Å². The van der Waals surface area contributed by atoms with Crippen molar-refractivity contribution < 1.29 is 4.79 Å². The first-order valence-corrected chi connectivity index (χ1v) is 10.5. The molecule has 2 heterocycles. The molecule has 1 atom stereocenters. The van der Waals surface area contributed by atoms with E-state index in [-0.39, 0.29) is 11.8 Å². The number of anilines is 1. The number of carbonyl (C=O) groups excluding carboxylic acids is 1. The average molecular weight is 440 g/mol. The molecule has 4 nitrogen and oxygen atoms in total. The summed E-state index contributed by atoms with van der Waals surface area (Å²) >= 11 is 5.02. The molecular weight excluding hydrogens is 422 g/mol. The highest BCUT2D eigenvalue weighted by Gasteiger charge is 2.38. The third kappa shape index (κ3) is 3.38. The normalized spacial score (nSPS) is 19.7. The van der Waals surface area contributed by atoms with Gasteiger partial charge in [0.25, 0.3) is 0 Å². The predicted molar refractivity (Wildman–Crippen MR) is 112 cm³/mol. The minimum Gasteiger partial charge on any atom is -0.343 e. The number of allylic oxidation sites excluding steroid dienone is 1. The highest BCUT2D eigenvalue weighted by molar-refractivity contribution is 9.10. The molecule has 2 aromatic carbocycles. The van der Waals surface area contributed by atoms with Crippen molar-refractivity contribution in [2.75, 3.05) is 17.4 Å². The van der Waals surface area contributed by atoms with E-state index in [9.17, 15) is 10.1 Å². The number of aryl methyl sites for hydroxylation is 1. The van der Waals surface area contributed by atoms with Crippen molar-refractivity contribution >= 4 is 39.3 Å². The molecule has 0 unspecified atom stereocenters. The van der Waals surface area contributed by atoms with Crippen LogP contribution < -0.4 is 4.90 Å². The Labute approximate surface area is 171 Å². The number of thioether (sulfide) groups is 1. The van der Waals surface area contributed by atoms with E-state index in [2.05, 4.69) is 46.0 Å². The third-order valence-electron chi connectivity index (χ3n) is 5.02. The Bertz CT molecular complexity index is 964. The zero-order valence-corrected chi connectivity index (χ0v) is 17.3. The monoisotopic (exact) mass is 439 g/mol. The van der Waals surface area contributed by atoms with Crippen LogP contribution in [0.2, 0.25) is 0 Å². The summed E-state index contributed by atoms with van der Waals surface area (Å²) in [6.07, 6.45) is 0.330. The van der Waals surface area contributed by atoms with Crippen LogP contribution in [0.5, 0.6) is 0 Å². The Kier molecular flexibility index (Phi) is 4.98. The number of hydrogen-bond acceptors (Lipinski definition) is 4. The number of rotatable bonds is 2. The van der Waals surface area contributed by atoms with Gasteiger partial charge in [0.2, 0.25) is 5.91 Å². The summed E-state index contributed by atoms with van der Waals surface area (Å²) in [5.74, 6) is 0.629. The minimum atomic E-state index is -0.167. The summed E-state index contributed by atoms with van der Waals surface area (Å²) < 4.78 is 0.988. The van der Waals surface area contributed by atoms with Gasteiger partial charge in [0.05, 0.1) is 29.2 Å². The van der Waals surface area contributed by atoms with Gasteiger partial charge < -0.3 is 4.90 Å². The van der Waals surface area contributed by atoms with Crippen molar-refractivity contribution in [2.24, 2.45) is 0 Å². The smallest absolute Gasteiger partial charge is 0.229 e. The van der Waals surface area contributed by atoms with Crippen LogP contribution in [0, 0.1) is 18.3 Å². The molecule has 0 saturated carbocycles. The first-order chi connectivity index (χ1) is 13.1. The molecule has 1 fully saturated rings. The fraction of sp³-hybridized carbons (Fsp3) is 0.238. The molecule has 0 aliphatic carbocycles. The van der Waals surface area contributed by atoms with Crippen LogP contribution in [-0.4, -0.2) is 23.4 Å². The predicted octanol–water partition coefficient (Wildman–Crippen LogP) is 4.98. The van der Waals surface area contributed by atoms with Crippen LogP contribution >= 0.6 is 27.7 Å². The average Bonchev–Trinajstić information content (AvgIpc) is 2.69. The van der Waals surface area contributed by atoms with Crippen molar-refractivity contribution in [1.29, 1.82) is 5.26 Å². The standard InChI is InChI=1S/C21H18BrN3OS/c1-14-4-2-3-5-19(14)24-12-25-20(26)10-17(15-6-8-16(22)9-7-15)18(11-23)21(25)27-13-24/h2-9,17H,10,12-13H2,1H3/t17-/m0/s1. The van der Waals surface area contributed by atoms with Gasteiger partial charge in [-0.15, -0.1) is 0 Å². The molecule has 0 N–H and O–H groups in total. The summed E-state index contributed by atoms with van der Waals surface area (Å²) in [5.41, 5.74) is 4.03. The summed E-state index contributed by atoms with van der Waals surface area (Å²) in [4.78, 5) is 16.9. The van der Waals surface area contributed by atoms with Gasteiger partial charge in [-0.3, -0.25) is 9.69 Å². The number of amides is 1. The summed E-state index contributed by atoms with van der Waals surface area (Å²) in [6.45, 7) is 2.57. The molecule has 0 radical (unpaired) electrons. The number of nitrogens with zero attached hydrogens (tertiary/aromatic N) is 3. The summed E-state index contributed by atoms with van der Waals surface area (Å²) in [5, 5.41) is 10.7. The van der Waals surface area contributed by atoms with Crippen molar-refractivity contribution in [3.63, 3.8) is 0 Å². The first kappa shape index (κ1) is 18.1. The maximum atomic E-state index is 12.9. The van der Waals surface area contributed by atoms with Gasteiger partial charge in [0.15, 0.2) is 0 Å². The molecule has 1 saturated heterocycles. The zero-order valence-electron chi connectivity index (χ0n) is 14.9. The minimum absolute atomic E-state index is 0.0719. The molecule has 2 aliphatic rings. The van der Waals surface area contributed by atoms with Crippen molar-refractivity contribution in [3.8, 4) is 6.07 Å². The first-order valence-electron chi connectivity index (χ1n) is 8.72. The molecule has 0 bridgehead atoms. The van der Waals surface area contributed by atoms with Crippen molar-refractivity contribution in [2.45, 2.75) is 19.3 Å². The van der Waals surface area contributed by atoms with E-state index < -0.39 is 0 Å². The largest absolute Gasteiger partial charge is 0.343 e. The van der Waals surface area contributed by atoms with Crippen LogP contribution in [0.25, 0.3) is 0 Å². The lowest BCUT2D eigenvalue weighted by molar-refractivity contribution is -0.129. The van der Waals surface area contributed by atoms with E-state index in [1.54, 1.807) is 16.7 Å². The molecule has 0 aromatic heterocycles. The Morgan fingerprint density at radius 1 is 1.19 bits per heavy atom. The molecule has 27 heavy (non-hydrogen) atoms. The Morgan fingerprint density at radius 3 is 2.63 bits per heavy atom. The number of carbonyl (C=O) groups is 1. The van der Waals surface area contributed by atoms with Crippen LogP contribution in [0.1, 0.15) is 23.5 Å². The zero-order chi connectivity index (χ0) is 19.0. The van der Waals surface area contributed by atoms with Gasteiger partial charge in [-0.1, -0.05) is 58.0 Å². The molecule has 2 aliphatic heterocycles. The second-order valence-electron chi connectivity index (χ2n) is 6.70. The molecule has 136 valence electrons. The van der Waals surface area contributed by atoms with Crippen molar-refractivity contribution in [3.05, 3.63) is 74.7 Å². The van der Waals surface area contributed by atoms with Gasteiger partial charge >= 0.3 is 0 Å². The fourth-order valence-electron chi connectivity index (χ4n) is 3.61. The number of fused-ring (bicyclic) bond motifs is 1. The second kappa shape index (κ2) is 7.41. The van der Waals surface area contributed by atoms with Crippen molar-refractivity contribution in [1.82, 2.24) is 4.90 Å². The Hall–Kier alpha value is -2.23. The maximum Gasteiger partial charge on any atom is 0.229 e. The lowest BCUT2D eigenvalue weighted by Gasteiger charge is -2.42. The number of hydrogen-bond donors (Lipinski definition) is 0. The maximum absolute atomic E-state index is 12.9. The molecule has 1 amide bonds. The fourth-order valence-corrected chi connectivity index (χ4v) is 5.04. The van der Waals surface area contributed by atoms with Gasteiger partial charge in [-0.05, 0) is 36.2 Å². The molecule has 6 heteroatoms. The van der Waals surface area contributed by atoms with Gasteiger partial charge in [0, 0.05) is 22.5 Å². The van der Waals surface area contributed by atoms with E-state index in [4.69, 9.17) is 0 Å². The van der Waals surface area contributed by atoms with E-state index in [0.717, 1.165) is 26.6 Å². The summed E-state index contributed by atoms with van der Waals surface area (Å²) in [6, 6.07) is 18.5. The molecule has 2 aromatic rings. The third-order valence-corrected chi connectivity index (χ3v) is 6.71. The molecule has 4 rings (SSSR count). The Morgan fingerprint density at radius 2 is 1.93 bits per heavy atom. The number of nitriles is 1. The van der Waals surface area contributed by atoms with E-state index in [0.29, 0.717) is 18.7 Å². The topological polar surface area (TPSA) is 47.3 Å². The number of benzene rings is 2. The highest BCUT2D eigenvalue weighted by Crippen LogP contribution is 2.43. The second-order valence-corrected chi connectivity index (χ2v) is 8.55. The van der Waals surface area contributed by atoms with E-state index in [1.165, 1.54) is 5.56 Å². The highest BCUT2D eigenvalue weighted by atomic mass is 79.9. The van der Waals surface area contributed by atoms with Gasteiger partial charge in [-0.25, -0.2) is 0 Å². The number of halogens is 1. The quantitative estimate of drug-likeness (QED) is 0.661. The summed E-state index contributed by atoms with van der Waals surface area (Å²) in [7, 11) is 0. The lowest BCUT2D eigenvalue weighted by Crippen LogP contribution is -2.47. The van der Waals surface area contributed by atoms with Gasteiger partial charge in [0.1, 0.15) is 0 Å². The molecular formula is C21H18BrN3OS.